The normalized spacial score (nSPS) is 18.7. The summed E-state index contributed by atoms with van der Waals surface area (Å²) < 4.78 is 0. The predicted molar refractivity (Wildman–Crippen MR) is 167 cm³/mol. The number of hydrogen-bond acceptors (Lipinski definition) is 6. The third kappa shape index (κ3) is 6.44. The van der Waals surface area contributed by atoms with Crippen LogP contribution in [0.1, 0.15) is 63.0 Å². The molecule has 10 heteroatoms. The second kappa shape index (κ2) is 12.4. The van der Waals surface area contributed by atoms with Crippen LogP contribution in [0, 0.1) is 11.8 Å². The molecule has 0 bridgehead atoms. The Bertz CT molecular complexity index is 1470. The van der Waals surface area contributed by atoms with Crippen molar-refractivity contribution in [2.45, 2.75) is 63.3 Å². The van der Waals surface area contributed by atoms with Crippen molar-refractivity contribution in [3.05, 3.63) is 53.7 Å². The second-order valence-corrected chi connectivity index (χ2v) is 13.2. The first-order valence-electron chi connectivity index (χ1n) is 15.3. The molecule has 3 fully saturated rings. The van der Waals surface area contributed by atoms with E-state index in [0.29, 0.717) is 30.6 Å². The number of anilines is 1. The molecule has 3 amide bonds. The Labute approximate surface area is 256 Å². The number of aliphatic carboxylic acids is 1. The van der Waals surface area contributed by atoms with Gasteiger partial charge >= 0.3 is 12.0 Å². The highest BCUT2D eigenvalue weighted by molar-refractivity contribution is 7.14. The van der Waals surface area contributed by atoms with Crippen molar-refractivity contribution in [3.63, 3.8) is 0 Å². The molecule has 3 aromatic rings. The number of thiazole rings is 1. The van der Waals surface area contributed by atoms with Gasteiger partial charge in [-0.15, -0.1) is 11.3 Å². The van der Waals surface area contributed by atoms with Crippen molar-refractivity contribution in [1.82, 2.24) is 19.8 Å². The molecule has 2 saturated carbocycles. The first-order valence-corrected chi connectivity index (χ1v) is 16.2. The summed E-state index contributed by atoms with van der Waals surface area (Å²) in [6.45, 7) is 1.27. The summed E-state index contributed by atoms with van der Waals surface area (Å²) in [5.41, 5.74) is 4.67. The lowest BCUT2D eigenvalue weighted by atomic mass is 9.90. The Morgan fingerprint density at radius 2 is 1.72 bits per heavy atom. The highest BCUT2D eigenvalue weighted by Gasteiger charge is 2.40. The number of rotatable bonds is 10. The SMILES string of the molecule is CN1CC(c2ccc(-c3ccccc3-c3csc(N(C(=O)[C@@H](CC(=O)O)CC4CCCC4)C4CC4)n3)cn2)CN(C)C1=O. The summed E-state index contributed by atoms with van der Waals surface area (Å²) in [6.07, 6.45) is 8.71. The van der Waals surface area contributed by atoms with Crippen molar-refractivity contribution in [1.29, 1.82) is 0 Å². The van der Waals surface area contributed by atoms with Gasteiger partial charge in [-0.1, -0.05) is 56.0 Å². The van der Waals surface area contributed by atoms with E-state index in [-0.39, 0.29) is 30.3 Å². The molecule has 43 heavy (non-hydrogen) atoms. The monoisotopic (exact) mass is 601 g/mol. The number of hydrogen-bond donors (Lipinski definition) is 1. The van der Waals surface area contributed by atoms with Gasteiger partial charge in [0.1, 0.15) is 0 Å². The van der Waals surface area contributed by atoms with E-state index in [1.807, 2.05) is 49.9 Å². The lowest BCUT2D eigenvalue weighted by Gasteiger charge is -2.36. The molecule has 226 valence electrons. The molecule has 3 aliphatic rings. The first-order chi connectivity index (χ1) is 20.8. The molecule has 0 unspecified atom stereocenters. The van der Waals surface area contributed by atoms with Gasteiger partial charge in [-0.3, -0.25) is 19.5 Å². The van der Waals surface area contributed by atoms with Crippen molar-refractivity contribution in [2.24, 2.45) is 11.8 Å². The fourth-order valence-electron chi connectivity index (χ4n) is 6.71. The standard InChI is InChI=1S/C33H39N5O4S/c1-36-18-24(19-37(2)33(36)42)28-14-11-22(17-34-28)26-9-5-6-10-27(26)29-20-43-32(35-29)38(25-12-13-25)31(41)23(16-30(39)40)15-21-7-3-4-8-21/h5-6,9-11,14,17,20-21,23-25H,3-4,7-8,12-13,15-16,18-19H2,1-2H3,(H,39,40)/t23-/m1/s1. The number of carbonyl (C=O) groups excluding carboxylic acids is 2. The van der Waals surface area contributed by atoms with Gasteiger partial charge in [0.2, 0.25) is 5.91 Å². The number of carbonyl (C=O) groups is 3. The number of likely N-dealkylation sites (N-methyl/N-ethyl adjacent to an activating group) is 2. The maximum absolute atomic E-state index is 13.9. The Balaban J connectivity index is 1.24. The zero-order valence-electron chi connectivity index (χ0n) is 24.8. The molecule has 3 heterocycles. The molecule has 0 spiro atoms. The summed E-state index contributed by atoms with van der Waals surface area (Å²) in [5.74, 6) is -0.964. The quantitative estimate of drug-likeness (QED) is 0.300. The molecule has 1 aliphatic heterocycles. The van der Waals surface area contributed by atoms with Crippen LogP contribution in [0.25, 0.3) is 22.4 Å². The molecule has 0 radical (unpaired) electrons. The van der Waals surface area contributed by atoms with Crippen molar-refractivity contribution in [3.8, 4) is 22.4 Å². The molecule has 9 nitrogen and oxygen atoms in total. The number of carboxylic acids is 1. The van der Waals surface area contributed by atoms with Gasteiger partial charge in [0.05, 0.1) is 12.1 Å². The van der Waals surface area contributed by atoms with Gasteiger partial charge < -0.3 is 14.9 Å². The van der Waals surface area contributed by atoms with E-state index in [9.17, 15) is 19.5 Å². The fourth-order valence-corrected chi connectivity index (χ4v) is 7.61. The van der Waals surface area contributed by atoms with E-state index in [1.54, 1.807) is 14.7 Å². The van der Waals surface area contributed by atoms with Gasteiger partial charge in [0, 0.05) is 73.5 Å². The van der Waals surface area contributed by atoms with Gasteiger partial charge in [-0.2, -0.15) is 0 Å². The smallest absolute Gasteiger partial charge is 0.319 e. The fraction of sp³-hybridized carbons (Fsp3) is 0.485. The lowest BCUT2D eigenvalue weighted by Crippen LogP contribution is -2.49. The van der Waals surface area contributed by atoms with Crippen LogP contribution in [-0.4, -0.2) is 76.0 Å². The molecular weight excluding hydrogens is 562 g/mol. The second-order valence-electron chi connectivity index (χ2n) is 12.4. The Hall–Kier alpha value is -3.79. The number of carboxylic acid groups (broad SMARTS) is 1. The molecule has 6 rings (SSSR count). The van der Waals surface area contributed by atoms with Crippen molar-refractivity contribution < 1.29 is 19.5 Å². The highest BCUT2D eigenvalue weighted by Crippen LogP contribution is 2.40. The number of aromatic nitrogens is 2. The van der Waals surface area contributed by atoms with Gasteiger partial charge in [-0.25, -0.2) is 9.78 Å². The van der Waals surface area contributed by atoms with E-state index in [1.165, 1.54) is 11.3 Å². The number of urea groups is 1. The summed E-state index contributed by atoms with van der Waals surface area (Å²) in [7, 11) is 3.63. The van der Waals surface area contributed by atoms with E-state index in [0.717, 1.165) is 66.6 Å². The Kier molecular flexibility index (Phi) is 8.47. The minimum Gasteiger partial charge on any atom is -0.481 e. The highest BCUT2D eigenvalue weighted by atomic mass is 32.1. The van der Waals surface area contributed by atoms with Gasteiger partial charge in [0.25, 0.3) is 0 Å². The first kappa shape index (κ1) is 29.3. The van der Waals surface area contributed by atoms with Gasteiger partial charge in [-0.05, 0) is 36.8 Å². The van der Waals surface area contributed by atoms with Crippen LogP contribution in [0.5, 0.6) is 0 Å². The summed E-state index contributed by atoms with van der Waals surface area (Å²) in [4.78, 5) is 52.8. The van der Waals surface area contributed by atoms with E-state index in [4.69, 9.17) is 9.97 Å². The van der Waals surface area contributed by atoms with E-state index in [2.05, 4.69) is 12.1 Å². The zero-order chi connectivity index (χ0) is 30.1. The van der Waals surface area contributed by atoms with E-state index < -0.39 is 11.9 Å². The van der Waals surface area contributed by atoms with Crippen molar-refractivity contribution >= 4 is 34.4 Å². The number of nitrogens with zero attached hydrogens (tertiary/aromatic N) is 5. The summed E-state index contributed by atoms with van der Waals surface area (Å²) >= 11 is 1.45. The molecular formula is C33H39N5O4S. The molecule has 1 N–H and O–H groups in total. The lowest BCUT2D eigenvalue weighted by molar-refractivity contribution is -0.141. The molecule has 1 atom stereocenters. The summed E-state index contributed by atoms with van der Waals surface area (Å²) in [6, 6.07) is 12.3. The number of amides is 3. The Morgan fingerprint density at radius 1 is 1.02 bits per heavy atom. The van der Waals surface area contributed by atoms with Crippen LogP contribution in [0.15, 0.2) is 48.0 Å². The summed E-state index contributed by atoms with van der Waals surface area (Å²) in [5, 5.41) is 12.3. The molecule has 1 aromatic carbocycles. The van der Waals surface area contributed by atoms with Crippen LogP contribution >= 0.6 is 11.3 Å². The van der Waals surface area contributed by atoms with Gasteiger partial charge in [0.15, 0.2) is 5.13 Å². The van der Waals surface area contributed by atoms with E-state index >= 15 is 0 Å². The molecule has 2 aromatic heterocycles. The van der Waals surface area contributed by atoms with Crippen LogP contribution in [0.4, 0.5) is 9.93 Å². The maximum Gasteiger partial charge on any atom is 0.319 e. The van der Waals surface area contributed by atoms with Crippen LogP contribution in [0.3, 0.4) is 0 Å². The Morgan fingerprint density at radius 3 is 2.35 bits per heavy atom. The average Bonchev–Trinajstić information content (AvgIpc) is 3.47. The third-order valence-electron chi connectivity index (χ3n) is 9.07. The zero-order valence-corrected chi connectivity index (χ0v) is 25.6. The van der Waals surface area contributed by atoms with Crippen LogP contribution in [-0.2, 0) is 9.59 Å². The minimum absolute atomic E-state index is 0.0256. The predicted octanol–water partition coefficient (Wildman–Crippen LogP) is 6.12. The largest absolute Gasteiger partial charge is 0.481 e. The number of benzene rings is 1. The minimum atomic E-state index is -0.920. The van der Waals surface area contributed by atoms with Crippen LogP contribution < -0.4 is 4.90 Å². The molecule has 2 aliphatic carbocycles. The maximum atomic E-state index is 13.9. The van der Waals surface area contributed by atoms with Crippen molar-refractivity contribution in [2.75, 3.05) is 32.1 Å². The average molecular weight is 602 g/mol. The van der Waals surface area contributed by atoms with Crippen LogP contribution in [0.2, 0.25) is 0 Å². The topological polar surface area (TPSA) is 107 Å². The third-order valence-corrected chi connectivity index (χ3v) is 9.91. The molecule has 1 saturated heterocycles. The number of pyridine rings is 1.